The lowest BCUT2D eigenvalue weighted by molar-refractivity contribution is -0.125. The first-order chi connectivity index (χ1) is 15.9. The molecule has 9 atom stereocenters. The van der Waals surface area contributed by atoms with Crippen molar-refractivity contribution in [3.63, 3.8) is 0 Å². The second kappa shape index (κ2) is 8.97. The van der Waals surface area contributed by atoms with Crippen molar-refractivity contribution < 1.29 is 9.84 Å². The van der Waals surface area contributed by atoms with Crippen molar-refractivity contribution >= 4 is 0 Å². The maximum absolute atomic E-state index is 11.0. The van der Waals surface area contributed by atoms with E-state index in [0.29, 0.717) is 29.6 Å². The minimum atomic E-state index is -0.583. The second-order valence-electron chi connectivity index (χ2n) is 12.4. The van der Waals surface area contributed by atoms with Crippen LogP contribution in [0.1, 0.15) is 82.9 Å². The van der Waals surface area contributed by atoms with Crippen LogP contribution < -0.4 is 0 Å². The minimum Gasteiger partial charge on any atom is -0.387 e. The van der Waals surface area contributed by atoms with Gasteiger partial charge in [-0.3, -0.25) is 0 Å². The van der Waals surface area contributed by atoms with E-state index in [2.05, 4.69) is 31.0 Å². The molecule has 1 heterocycles. The van der Waals surface area contributed by atoms with E-state index in [0.717, 1.165) is 48.9 Å². The van der Waals surface area contributed by atoms with Gasteiger partial charge in [0, 0.05) is 13.3 Å². The van der Waals surface area contributed by atoms with Gasteiger partial charge in [0.25, 0.3) is 0 Å². The third kappa shape index (κ3) is 4.14. The Morgan fingerprint density at radius 3 is 2.67 bits per heavy atom. The highest BCUT2D eigenvalue weighted by Crippen LogP contribution is 2.65. The third-order valence-electron chi connectivity index (χ3n) is 10.8. The predicted octanol–water partition coefficient (Wildman–Crippen LogP) is 5.78. The molecular weight excluding hydrogens is 408 g/mol. The van der Waals surface area contributed by atoms with Crippen molar-refractivity contribution in [3.8, 4) is 6.07 Å². The van der Waals surface area contributed by atoms with E-state index in [4.69, 9.17) is 10.00 Å². The van der Waals surface area contributed by atoms with Crippen LogP contribution in [0.2, 0.25) is 0 Å². The molecule has 0 saturated heterocycles. The van der Waals surface area contributed by atoms with E-state index < -0.39 is 5.60 Å². The van der Waals surface area contributed by atoms with E-state index in [9.17, 15) is 5.11 Å². The summed E-state index contributed by atoms with van der Waals surface area (Å²) in [7, 11) is 1.72. The van der Waals surface area contributed by atoms with E-state index in [1.165, 1.54) is 50.5 Å². The summed E-state index contributed by atoms with van der Waals surface area (Å²) in [6.07, 6.45) is 14.3. The SMILES string of the molecule is COC[C@@]1(O)CC[C@H]2[C@H](CC[C@@H]3[C@@H]2CC[C@]2(C)[C@@H]([C@H](C)Cc4ccc(C#N)nc4)CC[C@@H]32)C1. The Kier molecular flexibility index (Phi) is 6.34. The van der Waals surface area contributed by atoms with Crippen LogP contribution in [0.4, 0.5) is 0 Å². The van der Waals surface area contributed by atoms with Crippen LogP contribution in [0.15, 0.2) is 18.3 Å². The van der Waals surface area contributed by atoms with Crippen LogP contribution in [0, 0.1) is 58.2 Å². The molecule has 0 spiro atoms. The van der Waals surface area contributed by atoms with Gasteiger partial charge in [-0.2, -0.15) is 5.26 Å². The highest BCUT2D eigenvalue weighted by molar-refractivity contribution is 5.23. The topological polar surface area (TPSA) is 66.1 Å². The molecular formula is C29H42N2O2. The molecule has 1 aromatic rings. The summed E-state index contributed by atoms with van der Waals surface area (Å²) in [6, 6.07) is 6.10. The van der Waals surface area contributed by atoms with Crippen molar-refractivity contribution in [1.82, 2.24) is 4.98 Å². The van der Waals surface area contributed by atoms with E-state index in [1.54, 1.807) is 7.11 Å². The predicted molar refractivity (Wildman–Crippen MR) is 129 cm³/mol. The Morgan fingerprint density at radius 2 is 1.94 bits per heavy atom. The molecule has 4 fully saturated rings. The van der Waals surface area contributed by atoms with Gasteiger partial charge in [-0.05, 0) is 123 Å². The van der Waals surface area contributed by atoms with Gasteiger partial charge in [-0.1, -0.05) is 19.9 Å². The molecule has 4 heteroatoms. The summed E-state index contributed by atoms with van der Waals surface area (Å²) in [6.45, 7) is 5.58. The summed E-state index contributed by atoms with van der Waals surface area (Å²) >= 11 is 0. The highest BCUT2D eigenvalue weighted by Gasteiger charge is 2.58. The van der Waals surface area contributed by atoms with Crippen LogP contribution in [0.3, 0.4) is 0 Å². The van der Waals surface area contributed by atoms with Crippen molar-refractivity contribution in [2.75, 3.05) is 13.7 Å². The summed E-state index contributed by atoms with van der Waals surface area (Å²) in [5.74, 6) is 5.62. The molecule has 1 aromatic heterocycles. The summed E-state index contributed by atoms with van der Waals surface area (Å²) in [5, 5.41) is 20.0. The average Bonchev–Trinajstić information content (AvgIpc) is 3.16. The Labute approximate surface area is 200 Å². The second-order valence-corrected chi connectivity index (χ2v) is 12.4. The average molecular weight is 451 g/mol. The van der Waals surface area contributed by atoms with Crippen molar-refractivity contribution in [3.05, 3.63) is 29.6 Å². The molecule has 0 unspecified atom stereocenters. The molecule has 1 N–H and O–H groups in total. The Hall–Kier alpha value is -1.44. The quantitative estimate of drug-likeness (QED) is 0.618. The molecule has 0 aliphatic heterocycles. The first-order valence-corrected chi connectivity index (χ1v) is 13.4. The number of ether oxygens (including phenoxy) is 1. The van der Waals surface area contributed by atoms with Gasteiger partial charge < -0.3 is 9.84 Å². The molecule has 4 nitrogen and oxygen atoms in total. The zero-order chi connectivity index (χ0) is 23.2. The van der Waals surface area contributed by atoms with Crippen LogP contribution >= 0.6 is 0 Å². The minimum absolute atomic E-state index is 0.471. The standard InChI is InChI=1S/C29H42N2O2/c1-19(14-20-4-6-22(16-30)31-17-20)26-8-9-27-25-7-5-21-15-29(32,18-33-3)13-11-23(21)24(25)10-12-28(26,27)2/h4,6,17,19,21,23-27,32H,5,7-15,18H2,1-3H3/t19-,21-,23+,24-,25-,26-,27+,28-,29-/m1/s1. The summed E-state index contributed by atoms with van der Waals surface area (Å²) < 4.78 is 5.36. The Morgan fingerprint density at radius 1 is 1.12 bits per heavy atom. The number of aliphatic hydroxyl groups is 1. The number of nitrogens with zero attached hydrogens (tertiary/aromatic N) is 2. The van der Waals surface area contributed by atoms with Gasteiger partial charge in [0.05, 0.1) is 12.2 Å². The molecule has 5 rings (SSSR count). The number of hydrogen-bond acceptors (Lipinski definition) is 4. The van der Waals surface area contributed by atoms with Crippen molar-refractivity contribution in [1.29, 1.82) is 5.26 Å². The van der Waals surface area contributed by atoms with E-state index >= 15 is 0 Å². The van der Waals surface area contributed by atoms with Gasteiger partial charge >= 0.3 is 0 Å². The largest absolute Gasteiger partial charge is 0.387 e. The number of nitriles is 1. The summed E-state index contributed by atoms with van der Waals surface area (Å²) in [5.41, 5.74) is 1.67. The molecule has 4 aliphatic carbocycles. The zero-order valence-corrected chi connectivity index (χ0v) is 20.8. The fourth-order valence-electron chi connectivity index (χ4n) is 9.46. The Balaban J connectivity index is 1.27. The lowest BCUT2D eigenvalue weighted by Gasteiger charge is -2.57. The smallest absolute Gasteiger partial charge is 0.140 e. The number of methoxy groups -OCH3 is 1. The van der Waals surface area contributed by atoms with Crippen LogP contribution in [0.25, 0.3) is 0 Å². The van der Waals surface area contributed by atoms with E-state index in [1.807, 2.05) is 12.3 Å². The van der Waals surface area contributed by atoms with Crippen LogP contribution in [0.5, 0.6) is 0 Å². The van der Waals surface area contributed by atoms with E-state index in [-0.39, 0.29) is 0 Å². The maximum Gasteiger partial charge on any atom is 0.140 e. The first-order valence-electron chi connectivity index (χ1n) is 13.4. The van der Waals surface area contributed by atoms with Crippen molar-refractivity contribution in [2.24, 2.45) is 46.8 Å². The summed E-state index contributed by atoms with van der Waals surface area (Å²) in [4.78, 5) is 4.30. The lowest BCUT2D eigenvalue weighted by atomic mass is 9.48. The van der Waals surface area contributed by atoms with Crippen molar-refractivity contribution in [2.45, 2.75) is 83.7 Å². The number of hydrogen-bond donors (Lipinski definition) is 1. The van der Waals surface area contributed by atoms with Crippen LogP contribution in [-0.4, -0.2) is 29.4 Å². The Bertz CT molecular complexity index is 879. The fraction of sp³-hybridized carbons (Fsp3) is 0.793. The number of fused-ring (bicyclic) bond motifs is 5. The maximum atomic E-state index is 11.0. The highest BCUT2D eigenvalue weighted by atomic mass is 16.5. The zero-order valence-electron chi connectivity index (χ0n) is 20.8. The monoisotopic (exact) mass is 450 g/mol. The molecule has 33 heavy (non-hydrogen) atoms. The fourth-order valence-corrected chi connectivity index (χ4v) is 9.46. The molecule has 0 radical (unpaired) electrons. The third-order valence-corrected chi connectivity index (χ3v) is 10.8. The molecule has 0 amide bonds. The normalized spacial score (nSPS) is 43.1. The van der Waals surface area contributed by atoms with Gasteiger partial charge in [0.15, 0.2) is 0 Å². The van der Waals surface area contributed by atoms with Crippen LogP contribution in [-0.2, 0) is 11.2 Å². The van der Waals surface area contributed by atoms with Gasteiger partial charge in [-0.25, -0.2) is 4.98 Å². The first kappa shape index (κ1) is 23.3. The van der Waals surface area contributed by atoms with Gasteiger partial charge in [-0.15, -0.1) is 0 Å². The molecule has 4 saturated carbocycles. The molecule has 0 bridgehead atoms. The lowest BCUT2D eigenvalue weighted by Crippen LogP contribution is -2.52. The van der Waals surface area contributed by atoms with Gasteiger partial charge in [0.1, 0.15) is 11.8 Å². The molecule has 4 aliphatic rings. The van der Waals surface area contributed by atoms with Gasteiger partial charge in [0.2, 0.25) is 0 Å². The number of aromatic nitrogens is 1. The molecule has 180 valence electrons. The number of pyridine rings is 1. The molecule has 0 aromatic carbocycles. The number of rotatable bonds is 5.